The van der Waals surface area contributed by atoms with Crippen LogP contribution in [0.4, 0.5) is 21.8 Å². The molecule has 5 N–H and O–H groups in total. The molecule has 8 rings (SSSR count). The van der Waals surface area contributed by atoms with E-state index >= 15 is 4.39 Å². The summed E-state index contributed by atoms with van der Waals surface area (Å²) in [6.45, 7) is 8.07. The Bertz CT molecular complexity index is 1900. The van der Waals surface area contributed by atoms with Crippen LogP contribution in [-0.2, 0) is 27.4 Å². The smallest absolute Gasteiger partial charge is 0.258 e. The molecule has 3 aromatic rings. The molecule has 5 aliphatic heterocycles. The number of benzene rings is 1. The van der Waals surface area contributed by atoms with Crippen LogP contribution in [0.15, 0.2) is 46.6 Å². The summed E-state index contributed by atoms with van der Waals surface area (Å²) in [5.41, 5.74) is 14.3. The van der Waals surface area contributed by atoms with Gasteiger partial charge in [-0.3, -0.25) is 24.6 Å². The largest absolute Gasteiger partial charge is 0.381 e. The predicted octanol–water partition coefficient (Wildman–Crippen LogP) is 2.16. The van der Waals surface area contributed by atoms with Crippen molar-refractivity contribution >= 4 is 46.9 Å². The van der Waals surface area contributed by atoms with E-state index in [0.29, 0.717) is 29.6 Å². The SMILES string of the molecule is C[C@@H]1OCC2(CCN(c3cnc(Sc4ccnc(N5CCN(Cc6cc(F)c7c(c6)CN(C6CCC(=O)NC6=O)C7=O)CC5)c4)c(N)n3)CC2)[C@@H]1N. The van der Waals surface area contributed by atoms with Gasteiger partial charge in [0.1, 0.15) is 28.5 Å². The Morgan fingerprint density at radius 1 is 1.04 bits per heavy atom. The average molecular weight is 731 g/mol. The lowest BCUT2D eigenvalue weighted by Crippen LogP contribution is -2.52. The maximum atomic E-state index is 15.3. The maximum Gasteiger partial charge on any atom is 0.258 e. The number of carbonyl (C=O) groups is 3. The third kappa shape index (κ3) is 6.57. The molecule has 0 aliphatic carbocycles. The average Bonchev–Trinajstić information content (AvgIpc) is 3.61. The van der Waals surface area contributed by atoms with Crippen molar-refractivity contribution in [2.45, 2.75) is 73.8 Å². The number of ether oxygens (including phenoxy) is 1. The molecule has 0 bridgehead atoms. The van der Waals surface area contributed by atoms with E-state index in [9.17, 15) is 14.4 Å². The molecule has 4 fully saturated rings. The van der Waals surface area contributed by atoms with Crippen molar-refractivity contribution in [3.8, 4) is 0 Å². The Kier molecular flexibility index (Phi) is 9.26. The fraction of sp³-hybridized carbons (Fsp3) is 0.500. The Morgan fingerprint density at radius 2 is 1.81 bits per heavy atom. The molecule has 274 valence electrons. The van der Waals surface area contributed by atoms with Crippen LogP contribution in [0.1, 0.15) is 54.1 Å². The number of halogens is 1. The molecule has 7 heterocycles. The van der Waals surface area contributed by atoms with Crippen molar-refractivity contribution in [2.24, 2.45) is 11.1 Å². The van der Waals surface area contributed by atoms with Crippen molar-refractivity contribution in [3.05, 3.63) is 59.2 Å². The summed E-state index contributed by atoms with van der Waals surface area (Å²) < 4.78 is 21.1. The number of pyridine rings is 1. The van der Waals surface area contributed by atoms with Crippen LogP contribution in [0.5, 0.6) is 0 Å². The van der Waals surface area contributed by atoms with Gasteiger partial charge in [0.25, 0.3) is 5.91 Å². The summed E-state index contributed by atoms with van der Waals surface area (Å²) in [5.74, 6) is 0.0661. The van der Waals surface area contributed by atoms with Crippen LogP contribution in [0.2, 0.25) is 0 Å². The van der Waals surface area contributed by atoms with E-state index in [2.05, 4.69) is 36.9 Å². The summed E-state index contributed by atoms with van der Waals surface area (Å²) >= 11 is 1.46. The summed E-state index contributed by atoms with van der Waals surface area (Å²) in [5, 5.41) is 2.93. The van der Waals surface area contributed by atoms with Crippen LogP contribution in [0, 0.1) is 11.2 Å². The van der Waals surface area contributed by atoms with Crippen LogP contribution >= 0.6 is 11.8 Å². The van der Waals surface area contributed by atoms with E-state index in [-0.39, 0.29) is 48.4 Å². The minimum Gasteiger partial charge on any atom is -0.381 e. The zero-order chi connectivity index (χ0) is 36.1. The Balaban J connectivity index is 0.854. The van der Waals surface area contributed by atoms with Crippen LogP contribution in [-0.4, -0.2) is 107 Å². The Hall–Kier alpha value is -4.38. The van der Waals surface area contributed by atoms with Gasteiger partial charge < -0.3 is 30.9 Å². The first-order chi connectivity index (χ1) is 25.1. The van der Waals surface area contributed by atoms with Crippen molar-refractivity contribution < 1.29 is 23.5 Å². The molecular weight excluding hydrogens is 688 g/mol. The van der Waals surface area contributed by atoms with E-state index in [0.717, 1.165) is 74.2 Å². The van der Waals surface area contributed by atoms with E-state index in [1.165, 1.54) is 22.7 Å². The molecule has 14 nitrogen and oxygen atoms in total. The Labute approximate surface area is 305 Å². The number of nitrogens with zero attached hydrogens (tertiary/aromatic N) is 7. The second kappa shape index (κ2) is 13.9. The van der Waals surface area contributed by atoms with Gasteiger partial charge in [-0.2, -0.15) is 0 Å². The van der Waals surface area contributed by atoms with Crippen LogP contribution in [0.3, 0.4) is 0 Å². The van der Waals surface area contributed by atoms with Gasteiger partial charge in [0.05, 0.1) is 24.5 Å². The fourth-order valence-corrected chi connectivity index (χ4v) is 8.99. The lowest BCUT2D eigenvalue weighted by atomic mass is 9.73. The van der Waals surface area contributed by atoms with E-state index < -0.39 is 23.7 Å². The molecule has 0 radical (unpaired) electrons. The molecule has 52 heavy (non-hydrogen) atoms. The van der Waals surface area contributed by atoms with Gasteiger partial charge in [-0.15, -0.1) is 0 Å². The van der Waals surface area contributed by atoms with E-state index in [4.69, 9.17) is 21.2 Å². The summed E-state index contributed by atoms with van der Waals surface area (Å²) in [7, 11) is 0. The topological polar surface area (TPSA) is 176 Å². The van der Waals surface area contributed by atoms with E-state index in [1.54, 1.807) is 12.4 Å². The van der Waals surface area contributed by atoms with Gasteiger partial charge in [0.15, 0.2) is 5.82 Å². The number of nitrogen functional groups attached to an aromatic ring is 1. The van der Waals surface area contributed by atoms with Gasteiger partial charge >= 0.3 is 0 Å². The first kappa shape index (κ1) is 34.7. The van der Waals surface area contributed by atoms with Gasteiger partial charge in [0, 0.05) is 81.3 Å². The number of fused-ring (bicyclic) bond motifs is 1. The monoisotopic (exact) mass is 730 g/mol. The number of piperazine rings is 1. The van der Waals surface area contributed by atoms with Crippen molar-refractivity contribution in [1.82, 2.24) is 30.1 Å². The number of amides is 3. The van der Waals surface area contributed by atoms with Crippen LogP contribution < -0.4 is 26.6 Å². The number of hydrogen-bond donors (Lipinski definition) is 3. The lowest BCUT2D eigenvalue weighted by Gasteiger charge is -2.41. The van der Waals surface area contributed by atoms with Gasteiger partial charge in [-0.25, -0.2) is 19.3 Å². The number of carbonyl (C=O) groups excluding carboxylic acids is 3. The molecule has 2 aromatic heterocycles. The molecule has 4 saturated heterocycles. The number of anilines is 3. The summed E-state index contributed by atoms with van der Waals surface area (Å²) in [6.07, 6.45) is 5.96. The lowest BCUT2D eigenvalue weighted by molar-refractivity contribution is -0.136. The van der Waals surface area contributed by atoms with Gasteiger partial charge in [-0.05, 0) is 55.5 Å². The number of aromatic nitrogens is 3. The quantitative estimate of drug-likeness (QED) is 0.302. The predicted molar refractivity (Wildman–Crippen MR) is 192 cm³/mol. The normalized spacial score (nSPS) is 24.9. The summed E-state index contributed by atoms with van der Waals surface area (Å²) in [4.78, 5) is 60.1. The first-order valence-corrected chi connectivity index (χ1v) is 18.7. The van der Waals surface area contributed by atoms with Crippen molar-refractivity contribution in [1.29, 1.82) is 0 Å². The second-order valence-electron chi connectivity index (χ2n) is 14.5. The van der Waals surface area contributed by atoms with Gasteiger partial charge in [0.2, 0.25) is 11.8 Å². The zero-order valence-electron chi connectivity index (χ0n) is 29.1. The van der Waals surface area contributed by atoms with Crippen LogP contribution in [0.25, 0.3) is 0 Å². The zero-order valence-corrected chi connectivity index (χ0v) is 29.9. The molecule has 3 amide bonds. The highest BCUT2D eigenvalue weighted by Gasteiger charge is 2.48. The second-order valence-corrected chi connectivity index (χ2v) is 15.6. The van der Waals surface area contributed by atoms with Crippen molar-refractivity contribution in [2.75, 3.05) is 61.4 Å². The van der Waals surface area contributed by atoms with Gasteiger partial charge in [-0.1, -0.05) is 17.8 Å². The molecule has 1 spiro atoms. The summed E-state index contributed by atoms with van der Waals surface area (Å²) in [6, 6.07) is 6.53. The highest BCUT2D eigenvalue weighted by atomic mass is 32.2. The molecule has 1 unspecified atom stereocenters. The molecule has 1 aromatic carbocycles. The fourth-order valence-electron chi connectivity index (χ4n) is 8.22. The third-order valence-corrected chi connectivity index (χ3v) is 12.3. The molecule has 16 heteroatoms. The minimum absolute atomic E-state index is 0.0149. The standard InChI is InChI=1S/C36H43FN10O4S/c1-21-31(38)36(20-51-21)5-8-45(9-6-36)28-17-41-34(32(39)42-28)52-24-4-7-40-27(16-24)46-12-10-44(11-13-46)18-22-14-23-19-47(35(50)30(23)25(37)15-22)26-2-3-29(48)43-33(26)49/h4,7,14-17,21,26,31H,2-3,5-6,8-13,18-20,38H2,1H3,(H2,39,42)(H,43,48,49)/t21-,26?,31+/m0/s1. The van der Waals surface area contributed by atoms with Crippen molar-refractivity contribution in [3.63, 3.8) is 0 Å². The first-order valence-electron chi connectivity index (χ1n) is 17.9. The number of nitrogens with one attached hydrogen (secondary N) is 1. The number of rotatable bonds is 7. The number of imide groups is 1. The Morgan fingerprint density at radius 3 is 2.52 bits per heavy atom. The molecular formula is C36H43FN10O4S. The van der Waals surface area contributed by atoms with E-state index in [1.807, 2.05) is 18.2 Å². The third-order valence-electron chi connectivity index (χ3n) is 11.3. The number of nitrogens with two attached hydrogens (primary N) is 2. The maximum absolute atomic E-state index is 15.3. The molecule has 3 atom stereocenters. The highest BCUT2D eigenvalue weighted by molar-refractivity contribution is 7.99. The molecule has 0 saturated carbocycles. The number of hydrogen-bond acceptors (Lipinski definition) is 13. The highest BCUT2D eigenvalue weighted by Crippen LogP contribution is 2.42. The number of piperidine rings is 2. The minimum atomic E-state index is -0.778. The molecule has 5 aliphatic rings.